The van der Waals surface area contributed by atoms with Gasteiger partial charge in [-0.1, -0.05) is 42.5 Å². The van der Waals surface area contributed by atoms with E-state index in [1.165, 1.54) is 0 Å². The molecule has 0 aliphatic rings. The zero-order valence-electron chi connectivity index (χ0n) is 14.1. The Bertz CT molecular complexity index is 632. The molecule has 2 N–H and O–H groups in total. The Hall–Kier alpha value is -2.37. The summed E-state index contributed by atoms with van der Waals surface area (Å²) >= 11 is 0. The number of benzene rings is 2. The number of carbonyl (C=O) groups is 1. The van der Waals surface area contributed by atoms with E-state index in [-0.39, 0.29) is 12.1 Å². The van der Waals surface area contributed by atoms with Crippen molar-refractivity contribution in [2.24, 2.45) is 0 Å². The first-order valence-electron chi connectivity index (χ1n) is 7.97. The normalized spacial score (nSPS) is 11.8. The number of carbonyl (C=O) groups excluding carboxylic acids is 1. The van der Waals surface area contributed by atoms with Crippen LogP contribution in [0.15, 0.2) is 54.6 Å². The summed E-state index contributed by atoms with van der Waals surface area (Å²) in [7, 11) is 1.64. The zero-order chi connectivity index (χ0) is 17.2. The lowest BCUT2D eigenvalue weighted by molar-refractivity contribution is 0.0617. The van der Waals surface area contributed by atoms with Gasteiger partial charge in [0, 0.05) is 12.8 Å². The SMILES string of the molecule is COCCOCc1cccc(NC(=O)N[C@@H](C)c2ccccc2)c1. The van der Waals surface area contributed by atoms with Gasteiger partial charge in [0.2, 0.25) is 0 Å². The highest BCUT2D eigenvalue weighted by Crippen LogP contribution is 2.14. The van der Waals surface area contributed by atoms with Crippen molar-refractivity contribution in [3.05, 3.63) is 65.7 Å². The maximum Gasteiger partial charge on any atom is 0.319 e. The fraction of sp³-hybridized carbons (Fsp3) is 0.316. The lowest BCUT2D eigenvalue weighted by Gasteiger charge is -2.15. The van der Waals surface area contributed by atoms with Gasteiger partial charge in [-0.2, -0.15) is 0 Å². The number of amides is 2. The van der Waals surface area contributed by atoms with Crippen LogP contribution in [0, 0.1) is 0 Å². The van der Waals surface area contributed by atoms with Crippen molar-refractivity contribution in [2.45, 2.75) is 19.6 Å². The summed E-state index contributed by atoms with van der Waals surface area (Å²) in [5, 5.41) is 5.78. The molecule has 0 unspecified atom stereocenters. The first-order chi connectivity index (χ1) is 11.7. The smallest absolute Gasteiger partial charge is 0.319 e. The predicted octanol–water partition coefficient (Wildman–Crippen LogP) is 3.73. The van der Waals surface area contributed by atoms with Crippen molar-refractivity contribution in [1.82, 2.24) is 5.32 Å². The Kier molecular flexibility index (Phi) is 7.26. The minimum atomic E-state index is -0.233. The van der Waals surface area contributed by atoms with Gasteiger partial charge in [0.05, 0.1) is 25.9 Å². The maximum absolute atomic E-state index is 12.1. The molecule has 5 nitrogen and oxygen atoms in total. The minimum Gasteiger partial charge on any atom is -0.382 e. The van der Waals surface area contributed by atoms with E-state index in [0.29, 0.717) is 19.8 Å². The lowest BCUT2D eigenvalue weighted by Crippen LogP contribution is -2.31. The molecule has 0 fully saturated rings. The van der Waals surface area contributed by atoms with E-state index in [0.717, 1.165) is 16.8 Å². The number of rotatable bonds is 8. The van der Waals surface area contributed by atoms with E-state index in [1.54, 1.807) is 7.11 Å². The van der Waals surface area contributed by atoms with Crippen LogP contribution in [0.25, 0.3) is 0 Å². The first kappa shape index (κ1) is 18.0. The van der Waals surface area contributed by atoms with Gasteiger partial charge in [-0.3, -0.25) is 0 Å². The van der Waals surface area contributed by atoms with Crippen LogP contribution in [0.3, 0.4) is 0 Å². The van der Waals surface area contributed by atoms with Crippen LogP contribution in [0.4, 0.5) is 10.5 Å². The van der Waals surface area contributed by atoms with Crippen LogP contribution < -0.4 is 10.6 Å². The van der Waals surface area contributed by atoms with E-state index in [4.69, 9.17) is 9.47 Å². The highest BCUT2D eigenvalue weighted by Gasteiger charge is 2.09. The largest absolute Gasteiger partial charge is 0.382 e. The van der Waals surface area contributed by atoms with Crippen molar-refractivity contribution in [3.63, 3.8) is 0 Å². The Morgan fingerprint density at radius 2 is 1.88 bits per heavy atom. The molecule has 128 valence electrons. The van der Waals surface area contributed by atoms with Gasteiger partial charge >= 0.3 is 6.03 Å². The van der Waals surface area contributed by atoms with Crippen molar-refractivity contribution in [2.75, 3.05) is 25.6 Å². The molecule has 2 rings (SSSR count). The molecule has 0 aliphatic carbocycles. The maximum atomic E-state index is 12.1. The number of hydrogen-bond acceptors (Lipinski definition) is 3. The van der Waals surface area contributed by atoms with Crippen molar-refractivity contribution in [3.8, 4) is 0 Å². The average molecular weight is 328 g/mol. The molecule has 0 saturated heterocycles. The fourth-order valence-electron chi connectivity index (χ4n) is 2.26. The molecule has 0 radical (unpaired) electrons. The fourth-order valence-corrected chi connectivity index (χ4v) is 2.26. The third-order valence-corrected chi connectivity index (χ3v) is 3.53. The molecule has 2 amide bonds. The Balaban J connectivity index is 1.85. The quantitative estimate of drug-likeness (QED) is 0.726. The summed E-state index contributed by atoms with van der Waals surface area (Å²) in [6.45, 7) is 3.55. The van der Waals surface area contributed by atoms with E-state index < -0.39 is 0 Å². The summed E-state index contributed by atoms with van der Waals surface area (Å²) in [5.41, 5.74) is 2.80. The van der Waals surface area contributed by atoms with Crippen molar-refractivity contribution >= 4 is 11.7 Å². The Morgan fingerprint density at radius 1 is 1.08 bits per heavy atom. The van der Waals surface area contributed by atoms with Crippen LogP contribution >= 0.6 is 0 Å². The number of hydrogen-bond donors (Lipinski definition) is 2. The van der Waals surface area contributed by atoms with Gasteiger partial charge < -0.3 is 20.1 Å². The van der Waals surface area contributed by atoms with Crippen LogP contribution in [0.5, 0.6) is 0 Å². The molecule has 2 aromatic rings. The van der Waals surface area contributed by atoms with E-state index in [1.807, 2.05) is 61.5 Å². The monoisotopic (exact) mass is 328 g/mol. The molecule has 0 aromatic heterocycles. The molecule has 5 heteroatoms. The second-order valence-corrected chi connectivity index (χ2v) is 5.48. The summed E-state index contributed by atoms with van der Waals surface area (Å²) in [6.07, 6.45) is 0. The Morgan fingerprint density at radius 3 is 2.62 bits per heavy atom. The van der Waals surface area contributed by atoms with Gasteiger partial charge in [-0.05, 0) is 30.2 Å². The van der Waals surface area contributed by atoms with Crippen molar-refractivity contribution in [1.29, 1.82) is 0 Å². The van der Waals surface area contributed by atoms with Crippen LogP contribution in [-0.4, -0.2) is 26.4 Å². The van der Waals surface area contributed by atoms with Crippen LogP contribution in [0.1, 0.15) is 24.1 Å². The standard InChI is InChI=1S/C19H24N2O3/c1-15(17-8-4-3-5-9-17)20-19(22)21-18-10-6-7-16(13-18)14-24-12-11-23-2/h3-10,13,15H,11-12,14H2,1-2H3,(H2,20,21,22)/t15-/m0/s1. The summed E-state index contributed by atoms with van der Waals surface area (Å²) in [4.78, 5) is 12.1. The van der Waals surface area contributed by atoms with Gasteiger partial charge in [0.15, 0.2) is 0 Å². The zero-order valence-corrected chi connectivity index (χ0v) is 14.1. The predicted molar refractivity (Wildman–Crippen MR) is 95.0 cm³/mol. The van der Waals surface area contributed by atoms with E-state index in [9.17, 15) is 4.79 Å². The van der Waals surface area contributed by atoms with Crippen LogP contribution in [0.2, 0.25) is 0 Å². The molecule has 0 saturated carbocycles. The number of nitrogens with one attached hydrogen (secondary N) is 2. The third-order valence-electron chi connectivity index (χ3n) is 3.53. The van der Waals surface area contributed by atoms with Crippen molar-refractivity contribution < 1.29 is 14.3 Å². The van der Waals surface area contributed by atoms with Gasteiger partial charge in [0.25, 0.3) is 0 Å². The molecule has 24 heavy (non-hydrogen) atoms. The number of urea groups is 1. The molecule has 1 atom stereocenters. The van der Waals surface area contributed by atoms with Gasteiger partial charge in [-0.15, -0.1) is 0 Å². The van der Waals surface area contributed by atoms with Crippen LogP contribution in [-0.2, 0) is 16.1 Å². The molecule has 2 aromatic carbocycles. The number of ether oxygens (including phenoxy) is 2. The van der Waals surface area contributed by atoms with E-state index >= 15 is 0 Å². The number of anilines is 1. The van der Waals surface area contributed by atoms with Gasteiger partial charge in [0.1, 0.15) is 0 Å². The second kappa shape index (κ2) is 9.70. The highest BCUT2D eigenvalue weighted by atomic mass is 16.5. The third kappa shape index (κ3) is 6.02. The first-order valence-corrected chi connectivity index (χ1v) is 7.97. The average Bonchev–Trinajstić information content (AvgIpc) is 2.60. The highest BCUT2D eigenvalue weighted by molar-refractivity contribution is 5.89. The van der Waals surface area contributed by atoms with E-state index in [2.05, 4.69) is 10.6 Å². The summed E-state index contributed by atoms with van der Waals surface area (Å²) in [6, 6.07) is 17.2. The molecule has 0 aliphatic heterocycles. The molecule has 0 heterocycles. The molecule has 0 bridgehead atoms. The summed E-state index contributed by atoms with van der Waals surface area (Å²) < 4.78 is 10.4. The topological polar surface area (TPSA) is 59.6 Å². The number of methoxy groups -OCH3 is 1. The second-order valence-electron chi connectivity index (χ2n) is 5.48. The molecular weight excluding hydrogens is 304 g/mol. The molecular formula is C19H24N2O3. The lowest BCUT2D eigenvalue weighted by atomic mass is 10.1. The minimum absolute atomic E-state index is 0.0632. The van der Waals surface area contributed by atoms with Gasteiger partial charge in [-0.25, -0.2) is 4.79 Å². The molecule has 0 spiro atoms. The Labute approximate surface area is 143 Å². The summed E-state index contributed by atoms with van der Waals surface area (Å²) in [5.74, 6) is 0.